The van der Waals surface area contributed by atoms with E-state index in [1.54, 1.807) is 19.2 Å². The number of nitrogens with one attached hydrogen (secondary N) is 4. The Hall–Kier alpha value is -4.81. The van der Waals surface area contributed by atoms with Gasteiger partial charge in [0.2, 0.25) is 17.7 Å². The van der Waals surface area contributed by atoms with Gasteiger partial charge in [-0.05, 0) is 64.5 Å². The average Bonchev–Trinajstić information content (AvgIpc) is 4.03. The minimum Gasteiger partial charge on any atom is -0.481 e. The summed E-state index contributed by atoms with van der Waals surface area (Å²) in [5.74, 6) is -3.50. The van der Waals surface area contributed by atoms with Crippen LogP contribution in [-0.4, -0.2) is 115 Å². The Balaban J connectivity index is 1.30. The molecule has 0 aromatic carbocycles. The van der Waals surface area contributed by atoms with Gasteiger partial charge in [-0.25, -0.2) is 4.79 Å². The molecule has 18 nitrogen and oxygen atoms in total. The molecule has 9 N–H and O–H groups in total. The quantitative estimate of drug-likeness (QED) is 0.0328. The number of pyridine rings is 1. The van der Waals surface area contributed by atoms with Crippen LogP contribution in [0.1, 0.15) is 70.9 Å². The van der Waals surface area contributed by atoms with Crippen LogP contribution in [0, 0.1) is 5.92 Å². The van der Waals surface area contributed by atoms with Gasteiger partial charge in [0.05, 0.1) is 37.6 Å². The van der Waals surface area contributed by atoms with Gasteiger partial charge in [0, 0.05) is 26.0 Å². The number of methoxy groups -OCH3 is 1. The number of amides is 4. The molecule has 1 saturated carbocycles. The highest BCUT2D eigenvalue weighted by Gasteiger charge is 2.72. The number of aliphatic carboxylic acids is 1. The van der Waals surface area contributed by atoms with Crippen molar-refractivity contribution in [1.82, 2.24) is 26.3 Å². The van der Waals surface area contributed by atoms with E-state index in [4.69, 9.17) is 30.4 Å². The Morgan fingerprint density at radius 1 is 1.15 bits per heavy atom. The van der Waals surface area contributed by atoms with E-state index in [1.165, 1.54) is 18.0 Å². The molecule has 3 aliphatic rings. The second kappa shape index (κ2) is 18.3. The van der Waals surface area contributed by atoms with Crippen LogP contribution in [0.15, 0.2) is 41.2 Å². The number of allylic oxidation sites excluding steroid dienone is 1. The number of rotatable bonds is 19. The van der Waals surface area contributed by atoms with Crippen LogP contribution in [0.4, 0.5) is 4.79 Å². The highest BCUT2D eigenvalue weighted by atomic mass is 16.6. The summed E-state index contributed by atoms with van der Waals surface area (Å²) in [5, 5.41) is 19.4. The van der Waals surface area contributed by atoms with Crippen LogP contribution in [0.25, 0.3) is 0 Å². The van der Waals surface area contributed by atoms with E-state index < -0.39 is 84.8 Å². The van der Waals surface area contributed by atoms with E-state index in [1.807, 2.05) is 20.8 Å². The number of aromatic nitrogens is 1. The maximum atomic E-state index is 13.1. The summed E-state index contributed by atoms with van der Waals surface area (Å²) in [6.07, 6.45) is 4.98. The average molecular weight is 745 g/mol. The third-order valence-electron chi connectivity index (χ3n) is 9.71. The molecule has 2 aliphatic heterocycles. The summed E-state index contributed by atoms with van der Waals surface area (Å²) in [6.45, 7) is 5.84. The number of epoxide rings is 2. The Labute approximate surface area is 308 Å². The SMILES string of the molecule is CO[C@@H]1[C@H](OC(=O)NCC(=O)N[C@@H](CCCN=C(N)N)C(=O)NCC(=O)N[C@@H](CC(=O)O)c2cccnc2)CC[C@]2(CO2)[C@H]1[C@]1(C)O[C@@H]1CC=C(C)C. The lowest BCUT2D eigenvalue weighted by Gasteiger charge is -2.42. The first-order valence-electron chi connectivity index (χ1n) is 17.6. The molecule has 53 heavy (non-hydrogen) atoms. The number of carboxylic acid groups (broad SMARTS) is 1. The highest BCUT2D eigenvalue weighted by Crippen LogP contribution is 2.59. The second-order valence-electron chi connectivity index (χ2n) is 14.0. The Morgan fingerprint density at radius 3 is 2.49 bits per heavy atom. The van der Waals surface area contributed by atoms with Gasteiger partial charge < -0.3 is 56.8 Å². The van der Waals surface area contributed by atoms with Gasteiger partial charge in [0.25, 0.3) is 0 Å². The number of nitrogens with two attached hydrogens (primary N) is 2. The topological polar surface area (TPSA) is 275 Å². The molecule has 0 unspecified atom stereocenters. The molecule has 3 fully saturated rings. The molecule has 4 amide bonds. The van der Waals surface area contributed by atoms with E-state index in [9.17, 15) is 29.1 Å². The lowest BCUT2D eigenvalue weighted by atomic mass is 9.68. The van der Waals surface area contributed by atoms with Crippen molar-refractivity contribution in [3.05, 3.63) is 41.7 Å². The number of carboxylic acids is 1. The molecule has 292 valence electrons. The maximum Gasteiger partial charge on any atom is 0.407 e. The van der Waals surface area contributed by atoms with Crippen LogP contribution < -0.4 is 32.7 Å². The second-order valence-corrected chi connectivity index (χ2v) is 14.0. The van der Waals surface area contributed by atoms with Gasteiger partial charge in [-0.3, -0.25) is 29.2 Å². The Bertz CT molecular complexity index is 1530. The van der Waals surface area contributed by atoms with Gasteiger partial charge >= 0.3 is 12.1 Å². The largest absolute Gasteiger partial charge is 0.481 e. The number of guanidine groups is 1. The van der Waals surface area contributed by atoms with Crippen molar-refractivity contribution in [3.63, 3.8) is 0 Å². The van der Waals surface area contributed by atoms with Gasteiger partial charge in [0.15, 0.2) is 5.96 Å². The van der Waals surface area contributed by atoms with E-state index >= 15 is 0 Å². The van der Waals surface area contributed by atoms with Gasteiger partial charge in [-0.15, -0.1) is 0 Å². The number of hydrogen-bond acceptors (Lipinski definition) is 11. The van der Waals surface area contributed by atoms with Crippen molar-refractivity contribution in [2.24, 2.45) is 22.4 Å². The first kappa shape index (κ1) is 41.0. The van der Waals surface area contributed by atoms with Crippen molar-refractivity contribution in [1.29, 1.82) is 0 Å². The maximum absolute atomic E-state index is 13.1. The minimum absolute atomic E-state index is 0.0166. The van der Waals surface area contributed by atoms with Crippen LogP contribution >= 0.6 is 0 Å². The fraction of sp³-hybridized carbons (Fsp3) is 0.629. The van der Waals surface area contributed by atoms with Gasteiger partial charge in [-0.1, -0.05) is 17.7 Å². The number of aliphatic imine (C=N–C) groups is 1. The highest BCUT2D eigenvalue weighted by molar-refractivity contribution is 5.91. The number of hydrogen-bond donors (Lipinski definition) is 7. The predicted molar refractivity (Wildman–Crippen MR) is 190 cm³/mol. The third-order valence-corrected chi connectivity index (χ3v) is 9.71. The normalized spacial score (nSPS) is 26.6. The zero-order valence-corrected chi connectivity index (χ0v) is 30.6. The van der Waals surface area contributed by atoms with Crippen molar-refractivity contribution < 1.29 is 48.0 Å². The van der Waals surface area contributed by atoms with E-state index in [0.717, 1.165) is 6.42 Å². The first-order valence-corrected chi connectivity index (χ1v) is 17.6. The fourth-order valence-corrected chi connectivity index (χ4v) is 6.96. The van der Waals surface area contributed by atoms with E-state index in [2.05, 4.69) is 37.3 Å². The molecule has 1 spiro atoms. The molecule has 18 heteroatoms. The molecule has 8 atom stereocenters. The Morgan fingerprint density at radius 2 is 1.87 bits per heavy atom. The first-order chi connectivity index (χ1) is 25.2. The van der Waals surface area contributed by atoms with E-state index in [0.29, 0.717) is 31.4 Å². The summed E-state index contributed by atoms with van der Waals surface area (Å²) in [6, 6.07) is 1.22. The van der Waals surface area contributed by atoms with Gasteiger partial charge in [0.1, 0.15) is 36.0 Å². The van der Waals surface area contributed by atoms with Crippen LogP contribution in [0.2, 0.25) is 0 Å². The summed E-state index contributed by atoms with van der Waals surface area (Å²) in [5.41, 5.74) is 11.5. The minimum atomic E-state index is -1.14. The Kier molecular flexibility index (Phi) is 14.1. The van der Waals surface area contributed by atoms with Gasteiger partial charge in [-0.2, -0.15) is 0 Å². The van der Waals surface area contributed by atoms with Crippen molar-refractivity contribution in [3.8, 4) is 0 Å². The number of ether oxygens (including phenoxy) is 4. The number of carbonyl (C=O) groups excluding carboxylic acids is 4. The summed E-state index contributed by atoms with van der Waals surface area (Å²) in [7, 11) is 1.56. The molecule has 3 heterocycles. The predicted octanol–water partition coefficient (Wildman–Crippen LogP) is 0.171. The van der Waals surface area contributed by atoms with Crippen molar-refractivity contribution in [2.45, 2.75) is 101 Å². The van der Waals surface area contributed by atoms with Crippen LogP contribution in [-0.2, 0) is 38.1 Å². The smallest absolute Gasteiger partial charge is 0.407 e. The lowest BCUT2D eigenvalue weighted by molar-refractivity contribution is -0.138. The molecule has 1 aliphatic carbocycles. The fourth-order valence-electron chi connectivity index (χ4n) is 6.96. The van der Waals surface area contributed by atoms with Crippen molar-refractivity contribution >= 4 is 35.7 Å². The molecule has 4 rings (SSSR count). The molecule has 1 aromatic heterocycles. The molecule has 2 saturated heterocycles. The lowest BCUT2D eigenvalue weighted by Crippen LogP contribution is -2.56. The monoisotopic (exact) mass is 744 g/mol. The molecule has 0 radical (unpaired) electrons. The number of alkyl carbamates (subject to hydrolysis) is 1. The number of carbonyl (C=O) groups is 5. The third kappa shape index (κ3) is 11.6. The van der Waals surface area contributed by atoms with Crippen molar-refractivity contribution in [2.75, 3.05) is 33.4 Å². The standard InChI is InChI=1S/C35H52N8O10/c1-20(2)9-10-25-34(3,53-25)30-29(50-4)24(11-12-35(30)19-51-35)52-33(49)41-18-27(45)42-22(8-6-14-39-32(36)37)31(48)40-17-26(44)43-23(15-28(46)47)21-7-5-13-38-16-21/h5,7,9,13,16,22-25,29-30H,6,8,10-12,14-15,17-19H2,1-4H3,(H,40,48)(H,41,49)(H,42,45)(H,43,44)(H,46,47)(H4,36,37,39)/t22-,23-,24+,25+,29+,30+,34+,35-/m0/s1. The summed E-state index contributed by atoms with van der Waals surface area (Å²) in [4.78, 5) is 71.0. The van der Waals surface area contributed by atoms with Crippen LogP contribution in [0.3, 0.4) is 0 Å². The molecule has 0 bridgehead atoms. The zero-order chi connectivity index (χ0) is 38.8. The zero-order valence-electron chi connectivity index (χ0n) is 30.6. The summed E-state index contributed by atoms with van der Waals surface area (Å²) < 4.78 is 23.9. The number of nitrogens with zero attached hydrogens (tertiary/aromatic N) is 2. The summed E-state index contributed by atoms with van der Waals surface area (Å²) >= 11 is 0. The molecular weight excluding hydrogens is 692 g/mol. The molecule has 1 aromatic rings. The van der Waals surface area contributed by atoms with E-state index in [-0.39, 0.29) is 30.9 Å². The molecular formula is C35H52N8O10. The van der Waals surface area contributed by atoms with Crippen LogP contribution in [0.5, 0.6) is 0 Å².